The fourth-order valence-corrected chi connectivity index (χ4v) is 1.65. The van der Waals surface area contributed by atoms with E-state index in [2.05, 4.69) is 10.6 Å². The van der Waals surface area contributed by atoms with Crippen LogP contribution in [0.3, 0.4) is 0 Å². The lowest BCUT2D eigenvalue weighted by Gasteiger charge is -2.11. The second kappa shape index (κ2) is 4.32. The van der Waals surface area contributed by atoms with Crippen LogP contribution in [0, 0.1) is 0 Å². The molecule has 1 fully saturated rings. The quantitative estimate of drug-likeness (QED) is 0.520. The average molecular weight is 236 g/mol. The Morgan fingerprint density at radius 3 is 2.82 bits per heavy atom. The van der Waals surface area contributed by atoms with Crippen LogP contribution in [0.15, 0.2) is 18.2 Å². The molecule has 1 aromatic carbocycles. The van der Waals surface area contributed by atoms with Crippen LogP contribution in [-0.2, 0) is 4.79 Å². The molecule has 0 aliphatic carbocycles. The van der Waals surface area contributed by atoms with Gasteiger partial charge in [0.25, 0.3) is 0 Å². The number of urea groups is 1. The van der Waals surface area contributed by atoms with E-state index in [1.807, 2.05) is 0 Å². The van der Waals surface area contributed by atoms with E-state index in [1.165, 1.54) is 19.1 Å². The van der Waals surface area contributed by atoms with E-state index in [0.717, 1.165) is 5.56 Å². The van der Waals surface area contributed by atoms with Gasteiger partial charge in [0.05, 0.1) is 6.04 Å². The molecule has 0 saturated carbocycles. The molecule has 2 amide bonds. The number of amides is 2. The van der Waals surface area contributed by atoms with Crippen LogP contribution < -0.4 is 15.4 Å². The molecule has 3 N–H and O–H groups in total. The molecule has 0 unspecified atom stereocenters. The first-order valence-electron chi connectivity index (χ1n) is 5.12. The summed E-state index contributed by atoms with van der Waals surface area (Å²) in [4.78, 5) is 21.7. The molecular weight excluding hydrogens is 224 g/mol. The van der Waals surface area contributed by atoms with E-state index in [0.29, 0.717) is 6.54 Å². The summed E-state index contributed by atoms with van der Waals surface area (Å²) in [6, 6.07) is 4.24. The standard InChI is InChI=1S/C11H12N2O4/c1-6(14)17-10-3-2-7(4-9(10)15)8-5-12-11(16)13-8/h2-4,8,15H,5H2,1H3,(H2,12,13,16)/t8-/m0/s1. The third-order valence-electron chi connectivity index (χ3n) is 2.41. The Morgan fingerprint density at radius 1 is 1.53 bits per heavy atom. The summed E-state index contributed by atoms with van der Waals surface area (Å²) in [7, 11) is 0. The molecule has 0 aromatic heterocycles. The van der Waals surface area contributed by atoms with Crippen molar-refractivity contribution >= 4 is 12.0 Å². The SMILES string of the molecule is CC(=O)Oc1ccc([C@@H]2CNC(=O)N2)cc1O. The third-order valence-corrected chi connectivity index (χ3v) is 2.41. The van der Waals surface area contributed by atoms with E-state index < -0.39 is 5.97 Å². The number of hydrogen-bond donors (Lipinski definition) is 3. The molecule has 2 rings (SSSR count). The molecule has 1 heterocycles. The summed E-state index contributed by atoms with van der Waals surface area (Å²) in [6.45, 7) is 1.72. The largest absolute Gasteiger partial charge is 0.504 e. The Morgan fingerprint density at radius 2 is 2.29 bits per heavy atom. The number of phenolic OH excluding ortho intramolecular Hbond substituents is 1. The minimum absolute atomic E-state index is 0.110. The normalized spacial score (nSPS) is 18.4. The number of carbonyl (C=O) groups is 2. The molecule has 1 saturated heterocycles. The highest BCUT2D eigenvalue weighted by molar-refractivity contribution is 5.77. The van der Waals surface area contributed by atoms with E-state index in [1.54, 1.807) is 6.07 Å². The van der Waals surface area contributed by atoms with Crippen molar-refractivity contribution in [1.29, 1.82) is 0 Å². The van der Waals surface area contributed by atoms with Crippen LogP contribution in [0.25, 0.3) is 0 Å². The smallest absolute Gasteiger partial charge is 0.315 e. The second-order valence-electron chi connectivity index (χ2n) is 3.73. The van der Waals surface area contributed by atoms with Gasteiger partial charge in [0.1, 0.15) is 0 Å². The first kappa shape index (κ1) is 11.3. The van der Waals surface area contributed by atoms with Gasteiger partial charge in [-0.3, -0.25) is 4.79 Å². The molecule has 1 aliphatic heterocycles. The van der Waals surface area contributed by atoms with Crippen LogP contribution in [0.5, 0.6) is 11.5 Å². The maximum atomic E-state index is 11.0. The van der Waals surface area contributed by atoms with Crippen molar-refractivity contribution in [1.82, 2.24) is 10.6 Å². The predicted octanol–water partition coefficient (Wildman–Crippen LogP) is 0.671. The van der Waals surface area contributed by atoms with Gasteiger partial charge in [0.15, 0.2) is 11.5 Å². The van der Waals surface area contributed by atoms with E-state index in [9.17, 15) is 14.7 Å². The fourth-order valence-electron chi connectivity index (χ4n) is 1.65. The first-order chi connectivity index (χ1) is 8.06. The van der Waals surface area contributed by atoms with E-state index in [4.69, 9.17) is 4.74 Å². The lowest BCUT2D eigenvalue weighted by Crippen LogP contribution is -2.21. The number of carbonyl (C=O) groups excluding carboxylic acids is 2. The summed E-state index contributed by atoms with van der Waals surface area (Å²) in [5, 5.41) is 15.0. The summed E-state index contributed by atoms with van der Waals surface area (Å²) in [5.74, 6) is -0.513. The van der Waals surface area contributed by atoms with Gasteiger partial charge in [-0.25, -0.2) is 4.79 Å². The van der Waals surface area contributed by atoms with Crippen molar-refractivity contribution in [3.05, 3.63) is 23.8 Å². The molecule has 6 heteroatoms. The lowest BCUT2D eigenvalue weighted by atomic mass is 10.1. The molecule has 1 aliphatic rings. The van der Waals surface area contributed by atoms with Gasteiger partial charge in [-0.15, -0.1) is 0 Å². The number of nitrogens with one attached hydrogen (secondary N) is 2. The number of hydrogen-bond acceptors (Lipinski definition) is 4. The average Bonchev–Trinajstić information content (AvgIpc) is 2.67. The van der Waals surface area contributed by atoms with Crippen LogP contribution in [0.1, 0.15) is 18.5 Å². The lowest BCUT2D eigenvalue weighted by molar-refractivity contribution is -0.132. The van der Waals surface area contributed by atoms with Gasteiger partial charge >= 0.3 is 12.0 Å². The molecule has 0 spiro atoms. The Bertz CT molecular complexity index is 473. The topological polar surface area (TPSA) is 87.7 Å². The summed E-state index contributed by atoms with van der Waals surface area (Å²) in [5.41, 5.74) is 0.747. The van der Waals surface area contributed by atoms with Crippen LogP contribution in [-0.4, -0.2) is 23.7 Å². The zero-order valence-electron chi connectivity index (χ0n) is 9.19. The van der Waals surface area contributed by atoms with Crippen molar-refractivity contribution in [2.75, 3.05) is 6.54 Å². The highest BCUT2D eigenvalue weighted by Gasteiger charge is 2.22. The molecule has 1 aromatic rings. The molecule has 90 valence electrons. The Kier molecular flexibility index (Phi) is 2.86. The minimum Gasteiger partial charge on any atom is -0.504 e. The summed E-state index contributed by atoms with van der Waals surface area (Å²) in [6.07, 6.45) is 0. The van der Waals surface area contributed by atoms with Gasteiger partial charge in [0, 0.05) is 13.5 Å². The molecule has 0 radical (unpaired) electrons. The predicted molar refractivity (Wildman–Crippen MR) is 58.7 cm³/mol. The van der Waals surface area contributed by atoms with Crippen LogP contribution in [0.4, 0.5) is 4.79 Å². The van der Waals surface area contributed by atoms with Gasteiger partial charge in [0.2, 0.25) is 0 Å². The van der Waals surface area contributed by atoms with Crippen LogP contribution in [0.2, 0.25) is 0 Å². The zero-order chi connectivity index (χ0) is 12.4. The molecule has 0 bridgehead atoms. The second-order valence-corrected chi connectivity index (χ2v) is 3.73. The minimum atomic E-state index is -0.496. The number of phenols is 1. The number of ether oxygens (including phenoxy) is 1. The first-order valence-corrected chi connectivity index (χ1v) is 5.12. The highest BCUT2D eigenvalue weighted by atomic mass is 16.5. The number of rotatable bonds is 2. The van der Waals surface area contributed by atoms with E-state index in [-0.39, 0.29) is 23.6 Å². The van der Waals surface area contributed by atoms with Gasteiger partial charge in [-0.1, -0.05) is 6.07 Å². The molecular formula is C11H12N2O4. The third kappa shape index (κ3) is 2.47. The monoisotopic (exact) mass is 236 g/mol. The maximum Gasteiger partial charge on any atom is 0.315 e. The van der Waals surface area contributed by atoms with Gasteiger partial charge < -0.3 is 20.5 Å². The Labute approximate surface area is 97.6 Å². The van der Waals surface area contributed by atoms with Gasteiger partial charge in [-0.05, 0) is 17.7 Å². The number of aromatic hydroxyl groups is 1. The highest BCUT2D eigenvalue weighted by Crippen LogP contribution is 2.29. The van der Waals surface area contributed by atoms with Crippen molar-refractivity contribution < 1.29 is 19.4 Å². The Hall–Kier alpha value is -2.24. The van der Waals surface area contributed by atoms with Crippen molar-refractivity contribution in [3.63, 3.8) is 0 Å². The maximum absolute atomic E-state index is 11.0. The molecule has 1 atom stereocenters. The Balaban J connectivity index is 2.18. The van der Waals surface area contributed by atoms with Gasteiger partial charge in [-0.2, -0.15) is 0 Å². The molecule has 6 nitrogen and oxygen atoms in total. The van der Waals surface area contributed by atoms with Crippen molar-refractivity contribution in [3.8, 4) is 11.5 Å². The fraction of sp³-hybridized carbons (Fsp3) is 0.273. The van der Waals surface area contributed by atoms with Crippen LogP contribution >= 0.6 is 0 Å². The summed E-state index contributed by atoms with van der Waals surface area (Å²) >= 11 is 0. The van der Waals surface area contributed by atoms with E-state index >= 15 is 0 Å². The number of benzene rings is 1. The number of esters is 1. The zero-order valence-corrected chi connectivity index (χ0v) is 9.19. The summed E-state index contributed by atoms with van der Waals surface area (Å²) < 4.78 is 4.79. The van der Waals surface area contributed by atoms with Crippen molar-refractivity contribution in [2.24, 2.45) is 0 Å². The molecule has 17 heavy (non-hydrogen) atoms. The van der Waals surface area contributed by atoms with Crippen molar-refractivity contribution in [2.45, 2.75) is 13.0 Å².